The third-order valence-electron chi connectivity index (χ3n) is 5.54. The van der Waals surface area contributed by atoms with Crippen molar-refractivity contribution < 1.29 is 14.0 Å². The topological polar surface area (TPSA) is 88.7 Å². The summed E-state index contributed by atoms with van der Waals surface area (Å²) in [5, 5.41) is 1.17. The number of hydrogen-bond donors (Lipinski definition) is 0. The predicted molar refractivity (Wildman–Crippen MR) is 123 cm³/mol. The smallest absolute Gasteiger partial charge is 0.289 e. The van der Waals surface area contributed by atoms with Gasteiger partial charge >= 0.3 is 0 Å². The summed E-state index contributed by atoms with van der Waals surface area (Å²) in [7, 11) is 0. The lowest BCUT2D eigenvalue weighted by Gasteiger charge is -2.34. The van der Waals surface area contributed by atoms with E-state index in [1.807, 2.05) is 18.2 Å². The lowest BCUT2D eigenvalue weighted by Crippen LogP contribution is -2.51. The normalized spacial score (nSPS) is 14.2. The minimum atomic E-state index is -0.156. The zero-order valence-corrected chi connectivity index (χ0v) is 18.8. The molecule has 0 radical (unpaired) electrons. The number of fused-ring (bicyclic) bond motifs is 1. The molecule has 2 aromatic heterocycles. The summed E-state index contributed by atoms with van der Waals surface area (Å²) in [5.74, 6) is 0.331. The monoisotopic (exact) mass is 454 g/mol. The summed E-state index contributed by atoms with van der Waals surface area (Å²) in [6.07, 6.45) is 3.31. The van der Waals surface area contributed by atoms with Crippen LogP contribution in [0.3, 0.4) is 0 Å². The third kappa shape index (κ3) is 4.72. The summed E-state index contributed by atoms with van der Waals surface area (Å²) >= 11 is 1.30. The van der Waals surface area contributed by atoms with Crippen molar-refractivity contribution in [2.45, 2.75) is 31.5 Å². The Kier molecular flexibility index (Phi) is 6.94. The van der Waals surface area contributed by atoms with Crippen molar-refractivity contribution in [1.29, 1.82) is 0 Å². The molecule has 168 valence electrons. The number of rotatable bonds is 7. The number of thioether (sulfide) groups is 1. The number of nitrogens with zero attached hydrogens (tertiary/aromatic N) is 4. The fourth-order valence-corrected chi connectivity index (χ4v) is 4.63. The van der Waals surface area contributed by atoms with E-state index in [0.717, 1.165) is 12.8 Å². The van der Waals surface area contributed by atoms with E-state index in [0.29, 0.717) is 54.5 Å². The minimum absolute atomic E-state index is 0.0236. The first-order valence-electron chi connectivity index (χ1n) is 10.8. The van der Waals surface area contributed by atoms with Crippen LogP contribution >= 0.6 is 11.8 Å². The number of hydrogen-bond acceptors (Lipinski definition) is 6. The molecule has 8 nitrogen and oxygen atoms in total. The van der Waals surface area contributed by atoms with Crippen molar-refractivity contribution in [2.24, 2.45) is 0 Å². The fourth-order valence-electron chi connectivity index (χ4n) is 3.70. The van der Waals surface area contributed by atoms with Crippen LogP contribution in [0.1, 0.15) is 30.3 Å². The number of aromatic nitrogens is 2. The van der Waals surface area contributed by atoms with Crippen molar-refractivity contribution in [1.82, 2.24) is 19.4 Å². The predicted octanol–water partition coefficient (Wildman–Crippen LogP) is 2.87. The van der Waals surface area contributed by atoms with Crippen LogP contribution in [0.15, 0.2) is 57.0 Å². The zero-order chi connectivity index (χ0) is 22.5. The van der Waals surface area contributed by atoms with E-state index in [-0.39, 0.29) is 23.1 Å². The van der Waals surface area contributed by atoms with E-state index in [4.69, 9.17) is 4.42 Å². The Morgan fingerprint density at radius 1 is 1.06 bits per heavy atom. The second-order valence-electron chi connectivity index (χ2n) is 7.66. The van der Waals surface area contributed by atoms with Crippen LogP contribution in [-0.4, -0.2) is 63.1 Å². The molecular weight excluding hydrogens is 428 g/mol. The largest absolute Gasteiger partial charge is 0.459 e. The fraction of sp³-hybridized carbons (Fsp3) is 0.391. The van der Waals surface area contributed by atoms with Crippen molar-refractivity contribution in [2.75, 3.05) is 31.9 Å². The number of benzene rings is 1. The molecule has 0 spiro atoms. The number of piperazine rings is 1. The van der Waals surface area contributed by atoms with Gasteiger partial charge in [-0.2, -0.15) is 0 Å². The molecule has 0 aliphatic carbocycles. The van der Waals surface area contributed by atoms with Crippen molar-refractivity contribution in [3.05, 3.63) is 58.8 Å². The van der Waals surface area contributed by atoms with Crippen LogP contribution in [-0.2, 0) is 11.3 Å². The van der Waals surface area contributed by atoms with Crippen molar-refractivity contribution >= 4 is 34.5 Å². The van der Waals surface area contributed by atoms with Crippen LogP contribution in [0.25, 0.3) is 10.9 Å². The van der Waals surface area contributed by atoms with Crippen LogP contribution in [0.2, 0.25) is 0 Å². The molecule has 2 amide bonds. The van der Waals surface area contributed by atoms with E-state index >= 15 is 0 Å². The molecule has 1 saturated heterocycles. The van der Waals surface area contributed by atoms with Gasteiger partial charge in [-0.1, -0.05) is 37.2 Å². The van der Waals surface area contributed by atoms with Gasteiger partial charge in [0.2, 0.25) is 5.91 Å². The molecular formula is C23H26N4O4S. The zero-order valence-electron chi connectivity index (χ0n) is 18.0. The molecule has 9 heteroatoms. The van der Waals surface area contributed by atoms with E-state index < -0.39 is 0 Å². The number of carbonyl (C=O) groups is 2. The van der Waals surface area contributed by atoms with Crippen LogP contribution in [0.4, 0.5) is 0 Å². The third-order valence-corrected chi connectivity index (χ3v) is 6.50. The number of amides is 2. The molecule has 1 aliphatic heterocycles. The van der Waals surface area contributed by atoms with Gasteiger partial charge in [0.25, 0.3) is 11.5 Å². The van der Waals surface area contributed by atoms with E-state index in [1.165, 1.54) is 18.0 Å². The number of carbonyl (C=O) groups excluding carboxylic acids is 2. The molecule has 0 atom stereocenters. The lowest BCUT2D eigenvalue weighted by atomic mass is 10.2. The molecule has 4 rings (SSSR count). The standard InChI is InChI=1S/C23H26N4O4S/c1-2-3-10-27-21(29)17-7-4-5-8-18(17)24-23(27)32-16-20(28)25-11-13-26(14-12-25)22(30)19-9-6-15-31-19/h4-9,15H,2-3,10-14,16H2,1H3. The van der Waals surface area contributed by atoms with Gasteiger partial charge in [0.05, 0.1) is 22.9 Å². The maximum atomic E-state index is 13.0. The maximum absolute atomic E-state index is 13.0. The lowest BCUT2D eigenvalue weighted by molar-refractivity contribution is -0.129. The van der Waals surface area contributed by atoms with Gasteiger partial charge in [-0.05, 0) is 30.7 Å². The van der Waals surface area contributed by atoms with Crippen LogP contribution < -0.4 is 5.56 Å². The Balaban J connectivity index is 1.40. The number of para-hydroxylation sites is 1. The summed E-state index contributed by atoms with van der Waals surface area (Å²) in [4.78, 5) is 46.3. The SMILES string of the molecule is CCCCn1c(SCC(=O)N2CCN(C(=O)c3ccco3)CC2)nc2ccccc2c1=O. The molecule has 0 saturated carbocycles. The van der Waals surface area contributed by atoms with Gasteiger partial charge < -0.3 is 14.2 Å². The van der Waals surface area contributed by atoms with Crippen LogP contribution in [0, 0.1) is 0 Å². The highest BCUT2D eigenvalue weighted by atomic mass is 32.2. The molecule has 0 N–H and O–H groups in total. The van der Waals surface area contributed by atoms with Crippen molar-refractivity contribution in [3.8, 4) is 0 Å². The number of unbranched alkanes of at least 4 members (excludes halogenated alkanes) is 1. The molecule has 3 aromatic rings. The van der Waals surface area contributed by atoms with Gasteiger partial charge in [-0.15, -0.1) is 0 Å². The number of furan rings is 1. The first-order valence-corrected chi connectivity index (χ1v) is 11.8. The second-order valence-corrected chi connectivity index (χ2v) is 8.60. The average molecular weight is 455 g/mol. The Hall–Kier alpha value is -3.07. The molecule has 1 aromatic carbocycles. The average Bonchev–Trinajstić information content (AvgIpc) is 3.37. The van der Waals surface area contributed by atoms with E-state index in [1.54, 1.807) is 32.6 Å². The van der Waals surface area contributed by atoms with E-state index in [2.05, 4.69) is 11.9 Å². The van der Waals surface area contributed by atoms with Gasteiger partial charge in [-0.25, -0.2) is 4.98 Å². The quantitative estimate of drug-likeness (QED) is 0.403. The summed E-state index contributed by atoms with van der Waals surface area (Å²) in [6, 6.07) is 10.6. The summed E-state index contributed by atoms with van der Waals surface area (Å²) < 4.78 is 6.86. The minimum Gasteiger partial charge on any atom is -0.459 e. The highest BCUT2D eigenvalue weighted by molar-refractivity contribution is 7.99. The van der Waals surface area contributed by atoms with E-state index in [9.17, 15) is 14.4 Å². The van der Waals surface area contributed by atoms with Gasteiger partial charge in [0.1, 0.15) is 0 Å². The highest BCUT2D eigenvalue weighted by Crippen LogP contribution is 2.19. The molecule has 3 heterocycles. The first kappa shape index (κ1) is 22.1. The van der Waals surface area contributed by atoms with Gasteiger partial charge in [0, 0.05) is 32.7 Å². The van der Waals surface area contributed by atoms with Gasteiger partial charge in [-0.3, -0.25) is 19.0 Å². The Morgan fingerprint density at radius 3 is 2.53 bits per heavy atom. The Bertz CT molecular complexity index is 1150. The summed E-state index contributed by atoms with van der Waals surface area (Å²) in [6.45, 7) is 4.53. The Labute approximate surface area is 190 Å². The molecule has 32 heavy (non-hydrogen) atoms. The Morgan fingerprint density at radius 2 is 1.81 bits per heavy atom. The first-order chi connectivity index (χ1) is 15.6. The molecule has 1 fully saturated rings. The van der Waals surface area contributed by atoms with Crippen molar-refractivity contribution in [3.63, 3.8) is 0 Å². The second kappa shape index (κ2) is 10.0. The molecule has 0 bridgehead atoms. The maximum Gasteiger partial charge on any atom is 0.289 e. The van der Waals surface area contributed by atoms with Gasteiger partial charge in [0.15, 0.2) is 10.9 Å². The highest BCUT2D eigenvalue weighted by Gasteiger charge is 2.26. The molecule has 0 unspecified atom stereocenters. The van der Waals surface area contributed by atoms with Crippen LogP contribution in [0.5, 0.6) is 0 Å². The molecule has 1 aliphatic rings. The summed E-state index contributed by atoms with van der Waals surface area (Å²) in [5.41, 5.74) is 0.578.